The largest absolute Gasteiger partial charge is 0.366 e. The fourth-order valence-corrected chi connectivity index (χ4v) is 1.77. The van der Waals surface area contributed by atoms with Crippen LogP contribution in [0.2, 0.25) is 0 Å². The fraction of sp³-hybridized carbons (Fsp3) is 0.667. The van der Waals surface area contributed by atoms with Gasteiger partial charge in [0.2, 0.25) is 5.91 Å². The molecule has 1 aliphatic rings. The molecule has 0 aliphatic heterocycles. The van der Waals surface area contributed by atoms with Crippen LogP contribution in [-0.2, 0) is 4.79 Å². The Kier molecular flexibility index (Phi) is 2.87. The van der Waals surface area contributed by atoms with Crippen molar-refractivity contribution in [1.29, 1.82) is 0 Å². The second-order valence-corrected chi connectivity index (χ2v) is 3.44. The van der Waals surface area contributed by atoms with Crippen LogP contribution in [0.1, 0.15) is 25.7 Å². The second-order valence-electron chi connectivity index (χ2n) is 3.44. The minimum Gasteiger partial charge on any atom is -0.366 e. The van der Waals surface area contributed by atoms with Gasteiger partial charge in [-0.1, -0.05) is 19.4 Å². The molecular formula is C9H16N2O. The molecule has 1 saturated carbocycles. The fourth-order valence-electron chi connectivity index (χ4n) is 1.77. The zero-order valence-corrected chi connectivity index (χ0v) is 7.25. The molecule has 2 atom stereocenters. The Labute approximate surface area is 72.8 Å². The van der Waals surface area contributed by atoms with Crippen molar-refractivity contribution in [1.82, 2.24) is 0 Å². The Hall–Kier alpha value is -0.830. The van der Waals surface area contributed by atoms with Gasteiger partial charge in [-0.05, 0) is 12.8 Å². The first-order chi connectivity index (χ1) is 5.63. The number of hydrogen-bond donors (Lipinski definition) is 2. The van der Waals surface area contributed by atoms with Crippen LogP contribution in [0.5, 0.6) is 0 Å². The molecule has 1 aliphatic carbocycles. The summed E-state index contributed by atoms with van der Waals surface area (Å²) in [5, 5.41) is 0. The normalized spacial score (nSPS) is 29.8. The van der Waals surface area contributed by atoms with Crippen LogP contribution in [0.15, 0.2) is 12.2 Å². The molecule has 1 rings (SSSR count). The molecule has 0 heterocycles. The van der Waals surface area contributed by atoms with E-state index in [1.807, 2.05) is 0 Å². The summed E-state index contributed by atoms with van der Waals surface area (Å²) in [4.78, 5) is 10.8. The molecule has 0 bridgehead atoms. The molecule has 1 amide bonds. The minimum atomic E-state index is -0.405. The number of carbonyl (C=O) groups excluding carboxylic acids is 1. The highest BCUT2D eigenvalue weighted by Crippen LogP contribution is 2.27. The van der Waals surface area contributed by atoms with Crippen LogP contribution in [0.4, 0.5) is 0 Å². The molecular weight excluding hydrogens is 152 g/mol. The lowest BCUT2D eigenvalue weighted by Gasteiger charge is -2.28. The van der Waals surface area contributed by atoms with Gasteiger partial charge in [0.05, 0.1) is 0 Å². The predicted molar refractivity (Wildman–Crippen MR) is 48.3 cm³/mol. The van der Waals surface area contributed by atoms with Gasteiger partial charge >= 0.3 is 0 Å². The van der Waals surface area contributed by atoms with E-state index in [1.54, 1.807) is 0 Å². The first-order valence-electron chi connectivity index (χ1n) is 4.37. The van der Waals surface area contributed by atoms with Crippen molar-refractivity contribution in [2.75, 3.05) is 0 Å². The number of nitrogens with two attached hydrogens (primary N) is 2. The van der Waals surface area contributed by atoms with Gasteiger partial charge in [0, 0.05) is 17.5 Å². The summed E-state index contributed by atoms with van der Waals surface area (Å²) in [5.41, 5.74) is 11.5. The maximum absolute atomic E-state index is 10.8. The standard InChI is InChI=1S/C9H16N2O/c1-6(9(11)12)7-4-2-3-5-8(7)10/h7-8H,1-5,10H2,(H2,11,12)/t7-,8+/m0/s1. The van der Waals surface area contributed by atoms with E-state index in [-0.39, 0.29) is 12.0 Å². The van der Waals surface area contributed by atoms with Gasteiger partial charge in [0.25, 0.3) is 0 Å². The number of primary amides is 1. The Morgan fingerprint density at radius 2 is 1.92 bits per heavy atom. The molecule has 0 aromatic rings. The zero-order chi connectivity index (χ0) is 9.14. The molecule has 1 fully saturated rings. The van der Waals surface area contributed by atoms with Crippen molar-refractivity contribution in [2.24, 2.45) is 17.4 Å². The van der Waals surface area contributed by atoms with Gasteiger partial charge in [0.1, 0.15) is 0 Å². The smallest absolute Gasteiger partial charge is 0.244 e. The third-order valence-corrected chi connectivity index (χ3v) is 2.58. The summed E-state index contributed by atoms with van der Waals surface area (Å²) in [5.74, 6) is -0.284. The van der Waals surface area contributed by atoms with Gasteiger partial charge in [-0.15, -0.1) is 0 Å². The molecule has 68 valence electrons. The van der Waals surface area contributed by atoms with Gasteiger partial charge < -0.3 is 11.5 Å². The number of rotatable bonds is 2. The maximum atomic E-state index is 10.8. The topological polar surface area (TPSA) is 69.1 Å². The summed E-state index contributed by atoms with van der Waals surface area (Å²) in [7, 11) is 0. The van der Waals surface area contributed by atoms with E-state index in [4.69, 9.17) is 11.5 Å². The average Bonchev–Trinajstić information content (AvgIpc) is 2.04. The molecule has 3 heteroatoms. The van der Waals surface area contributed by atoms with E-state index in [0.29, 0.717) is 5.57 Å². The molecule has 12 heavy (non-hydrogen) atoms. The van der Waals surface area contributed by atoms with Crippen LogP contribution < -0.4 is 11.5 Å². The minimum absolute atomic E-state index is 0.0822. The van der Waals surface area contributed by atoms with Crippen molar-refractivity contribution in [2.45, 2.75) is 31.7 Å². The van der Waals surface area contributed by atoms with Crippen molar-refractivity contribution >= 4 is 5.91 Å². The SMILES string of the molecule is C=C(C(N)=O)[C@@H]1CCCC[C@H]1N. The zero-order valence-electron chi connectivity index (χ0n) is 7.25. The predicted octanol–water partition coefficient (Wildman–Crippen LogP) is 0.545. The second kappa shape index (κ2) is 3.72. The van der Waals surface area contributed by atoms with E-state index >= 15 is 0 Å². The third-order valence-electron chi connectivity index (χ3n) is 2.58. The Morgan fingerprint density at radius 1 is 1.33 bits per heavy atom. The first-order valence-corrected chi connectivity index (χ1v) is 4.37. The summed E-state index contributed by atoms with van der Waals surface area (Å²) >= 11 is 0. The monoisotopic (exact) mass is 168 g/mol. The number of carbonyl (C=O) groups is 1. The molecule has 0 unspecified atom stereocenters. The lowest BCUT2D eigenvalue weighted by atomic mass is 9.80. The van der Waals surface area contributed by atoms with Crippen LogP contribution in [0, 0.1) is 5.92 Å². The van der Waals surface area contributed by atoms with E-state index in [1.165, 1.54) is 0 Å². The molecule has 0 aromatic heterocycles. The first kappa shape index (κ1) is 9.26. The van der Waals surface area contributed by atoms with Crippen molar-refractivity contribution in [3.63, 3.8) is 0 Å². The van der Waals surface area contributed by atoms with E-state index in [9.17, 15) is 4.79 Å². The third kappa shape index (κ3) is 1.85. The van der Waals surface area contributed by atoms with Crippen LogP contribution in [0.25, 0.3) is 0 Å². The van der Waals surface area contributed by atoms with Gasteiger partial charge in [-0.2, -0.15) is 0 Å². The molecule has 0 aromatic carbocycles. The molecule has 0 saturated heterocycles. The highest BCUT2D eigenvalue weighted by atomic mass is 16.1. The number of amides is 1. The lowest BCUT2D eigenvalue weighted by molar-refractivity contribution is -0.115. The van der Waals surface area contributed by atoms with Crippen molar-refractivity contribution < 1.29 is 4.79 Å². The van der Waals surface area contributed by atoms with Gasteiger partial charge in [0.15, 0.2) is 0 Å². The lowest BCUT2D eigenvalue weighted by Crippen LogP contribution is -2.37. The van der Waals surface area contributed by atoms with Crippen LogP contribution in [-0.4, -0.2) is 11.9 Å². The van der Waals surface area contributed by atoms with Crippen molar-refractivity contribution in [3.05, 3.63) is 12.2 Å². The average molecular weight is 168 g/mol. The van der Waals surface area contributed by atoms with Gasteiger partial charge in [-0.25, -0.2) is 0 Å². The van der Waals surface area contributed by atoms with Crippen molar-refractivity contribution in [3.8, 4) is 0 Å². The summed E-state index contributed by atoms with van der Waals surface area (Å²) in [6, 6.07) is 0.0822. The summed E-state index contributed by atoms with van der Waals surface area (Å²) in [6.45, 7) is 3.67. The summed E-state index contributed by atoms with van der Waals surface area (Å²) < 4.78 is 0. The maximum Gasteiger partial charge on any atom is 0.244 e. The van der Waals surface area contributed by atoms with E-state index in [2.05, 4.69) is 6.58 Å². The Balaban J connectivity index is 2.59. The highest BCUT2D eigenvalue weighted by Gasteiger charge is 2.26. The van der Waals surface area contributed by atoms with E-state index < -0.39 is 5.91 Å². The Bertz CT molecular complexity index is 201. The van der Waals surface area contributed by atoms with Gasteiger partial charge in [-0.3, -0.25) is 4.79 Å². The molecule has 0 radical (unpaired) electrons. The van der Waals surface area contributed by atoms with Crippen LogP contribution >= 0.6 is 0 Å². The summed E-state index contributed by atoms with van der Waals surface area (Å²) in [6.07, 6.45) is 4.23. The molecule has 4 N–H and O–H groups in total. The molecule has 0 spiro atoms. The quantitative estimate of drug-likeness (QED) is 0.591. The Morgan fingerprint density at radius 3 is 2.42 bits per heavy atom. The highest BCUT2D eigenvalue weighted by molar-refractivity contribution is 5.91. The van der Waals surface area contributed by atoms with Crippen LogP contribution in [0.3, 0.4) is 0 Å². The molecule has 3 nitrogen and oxygen atoms in total. The number of hydrogen-bond acceptors (Lipinski definition) is 2. The van der Waals surface area contributed by atoms with E-state index in [0.717, 1.165) is 25.7 Å².